The predicted octanol–water partition coefficient (Wildman–Crippen LogP) is 2.11. The first-order chi connectivity index (χ1) is 8.33. The highest BCUT2D eigenvalue weighted by Crippen LogP contribution is 2.14. The topological polar surface area (TPSA) is 29.5 Å². The quantitative estimate of drug-likeness (QED) is 0.589. The molecular weight excluding hydrogens is 214 g/mol. The fourth-order valence-electron chi connectivity index (χ4n) is 2.00. The van der Waals surface area contributed by atoms with Crippen molar-refractivity contribution in [1.82, 2.24) is 4.90 Å². The Labute approximate surface area is 102 Å². The van der Waals surface area contributed by atoms with Crippen LogP contribution in [-0.2, 0) is 4.74 Å². The zero-order valence-corrected chi connectivity index (χ0v) is 10.1. The molecule has 0 unspecified atom stereocenters. The van der Waals surface area contributed by atoms with Crippen molar-refractivity contribution in [3.63, 3.8) is 0 Å². The number of morpholine rings is 1. The number of rotatable bonds is 3. The number of nitrogens with zero attached hydrogens (tertiary/aromatic N) is 1. The van der Waals surface area contributed by atoms with Gasteiger partial charge in [0.15, 0.2) is 0 Å². The number of benzene rings is 1. The molecular formula is C14H17NO2. The Kier molecular flexibility index (Phi) is 3.94. The number of Topliss-reactive ketones (excluding diaryl/α,β-unsaturated/α-hetero) is 1. The predicted molar refractivity (Wildman–Crippen MR) is 66.9 cm³/mol. The van der Waals surface area contributed by atoms with Crippen LogP contribution in [0.2, 0.25) is 0 Å². The molecule has 3 heteroatoms. The fraction of sp³-hybridized carbons (Fsp3) is 0.357. The minimum atomic E-state index is 0.0926. The molecule has 0 spiro atoms. The van der Waals surface area contributed by atoms with Crippen LogP contribution in [0, 0.1) is 0 Å². The SMILES string of the molecule is C/C=C(/C(=O)c1ccccc1)N1CCOCC1. The van der Waals surface area contributed by atoms with Crippen molar-refractivity contribution in [2.24, 2.45) is 0 Å². The van der Waals surface area contributed by atoms with E-state index in [1.807, 2.05) is 43.3 Å². The van der Waals surface area contributed by atoms with Gasteiger partial charge in [-0.2, -0.15) is 0 Å². The van der Waals surface area contributed by atoms with Crippen molar-refractivity contribution in [3.8, 4) is 0 Å². The molecule has 0 radical (unpaired) electrons. The molecule has 0 N–H and O–H groups in total. The van der Waals surface area contributed by atoms with E-state index in [2.05, 4.69) is 4.90 Å². The van der Waals surface area contributed by atoms with Gasteiger partial charge >= 0.3 is 0 Å². The smallest absolute Gasteiger partial charge is 0.208 e. The number of allylic oxidation sites excluding steroid dienone is 2. The van der Waals surface area contributed by atoms with E-state index in [0.29, 0.717) is 13.2 Å². The summed E-state index contributed by atoms with van der Waals surface area (Å²) in [6, 6.07) is 9.40. The molecule has 90 valence electrons. The van der Waals surface area contributed by atoms with Crippen molar-refractivity contribution >= 4 is 5.78 Å². The van der Waals surface area contributed by atoms with Gasteiger partial charge in [0.25, 0.3) is 0 Å². The Bertz CT molecular complexity index is 405. The lowest BCUT2D eigenvalue weighted by Gasteiger charge is -2.30. The minimum Gasteiger partial charge on any atom is -0.378 e. The van der Waals surface area contributed by atoms with Crippen LogP contribution < -0.4 is 0 Å². The third kappa shape index (κ3) is 2.74. The summed E-state index contributed by atoms with van der Waals surface area (Å²) in [6.07, 6.45) is 1.89. The second kappa shape index (κ2) is 5.64. The van der Waals surface area contributed by atoms with Gasteiger partial charge in [-0.25, -0.2) is 0 Å². The van der Waals surface area contributed by atoms with Crippen molar-refractivity contribution in [1.29, 1.82) is 0 Å². The first-order valence-corrected chi connectivity index (χ1v) is 5.91. The lowest BCUT2D eigenvalue weighted by Crippen LogP contribution is -2.38. The van der Waals surface area contributed by atoms with Crippen LogP contribution in [-0.4, -0.2) is 37.0 Å². The molecule has 0 atom stereocenters. The van der Waals surface area contributed by atoms with E-state index in [4.69, 9.17) is 4.74 Å². The lowest BCUT2D eigenvalue weighted by atomic mass is 10.1. The summed E-state index contributed by atoms with van der Waals surface area (Å²) in [5, 5.41) is 0. The summed E-state index contributed by atoms with van der Waals surface area (Å²) >= 11 is 0. The number of hydrogen-bond acceptors (Lipinski definition) is 3. The highest BCUT2D eigenvalue weighted by Gasteiger charge is 2.19. The monoisotopic (exact) mass is 231 g/mol. The summed E-state index contributed by atoms with van der Waals surface area (Å²) < 4.78 is 5.30. The summed E-state index contributed by atoms with van der Waals surface area (Å²) in [5.41, 5.74) is 1.52. The largest absolute Gasteiger partial charge is 0.378 e. The molecule has 0 bridgehead atoms. The van der Waals surface area contributed by atoms with Gasteiger partial charge in [0, 0.05) is 18.7 Å². The number of ketones is 1. The normalized spacial score (nSPS) is 17.0. The Morgan fingerprint density at radius 3 is 2.47 bits per heavy atom. The van der Waals surface area contributed by atoms with E-state index in [0.717, 1.165) is 24.4 Å². The van der Waals surface area contributed by atoms with E-state index in [-0.39, 0.29) is 5.78 Å². The summed E-state index contributed by atoms with van der Waals surface area (Å²) in [6.45, 7) is 4.88. The zero-order chi connectivity index (χ0) is 12.1. The van der Waals surface area contributed by atoms with Gasteiger partial charge in [-0.3, -0.25) is 4.79 Å². The fourth-order valence-corrected chi connectivity index (χ4v) is 2.00. The van der Waals surface area contributed by atoms with E-state index in [1.54, 1.807) is 0 Å². The standard InChI is InChI=1S/C14H17NO2/c1-2-13(15-8-10-17-11-9-15)14(16)12-6-4-3-5-7-12/h2-7H,8-11H2,1H3/b13-2-. The maximum Gasteiger partial charge on any atom is 0.208 e. The lowest BCUT2D eigenvalue weighted by molar-refractivity contribution is 0.0506. The number of carbonyl (C=O) groups excluding carboxylic acids is 1. The number of ether oxygens (including phenoxy) is 1. The van der Waals surface area contributed by atoms with Crippen LogP contribution in [0.15, 0.2) is 42.1 Å². The molecule has 1 aromatic rings. The summed E-state index contributed by atoms with van der Waals surface area (Å²) in [4.78, 5) is 14.4. The Morgan fingerprint density at radius 2 is 1.88 bits per heavy atom. The van der Waals surface area contributed by atoms with Crippen LogP contribution in [0.25, 0.3) is 0 Å². The molecule has 17 heavy (non-hydrogen) atoms. The third-order valence-electron chi connectivity index (χ3n) is 2.89. The average Bonchev–Trinajstić information content (AvgIpc) is 2.42. The van der Waals surface area contributed by atoms with Crippen LogP contribution >= 0.6 is 0 Å². The molecule has 1 aromatic carbocycles. The van der Waals surface area contributed by atoms with Gasteiger partial charge in [-0.1, -0.05) is 36.4 Å². The van der Waals surface area contributed by atoms with Crippen LogP contribution in [0.3, 0.4) is 0 Å². The average molecular weight is 231 g/mol. The maximum absolute atomic E-state index is 12.3. The van der Waals surface area contributed by atoms with Gasteiger partial charge < -0.3 is 9.64 Å². The van der Waals surface area contributed by atoms with Crippen LogP contribution in [0.1, 0.15) is 17.3 Å². The Morgan fingerprint density at radius 1 is 1.24 bits per heavy atom. The van der Waals surface area contributed by atoms with Crippen molar-refractivity contribution < 1.29 is 9.53 Å². The van der Waals surface area contributed by atoms with E-state index < -0.39 is 0 Å². The third-order valence-corrected chi connectivity index (χ3v) is 2.89. The molecule has 0 aromatic heterocycles. The molecule has 0 saturated carbocycles. The molecule has 2 rings (SSSR count). The Hall–Kier alpha value is -1.61. The number of carbonyl (C=O) groups is 1. The highest BCUT2D eigenvalue weighted by molar-refractivity contribution is 6.08. The van der Waals surface area contributed by atoms with Gasteiger partial charge in [0.2, 0.25) is 5.78 Å². The van der Waals surface area contributed by atoms with E-state index >= 15 is 0 Å². The van der Waals surface area contributed by atoms with Gasteiger partial charge in [-0.05, 0) is 6.92 Å². The molecule has 1 fully saturated rings. The van der Waals surface area contributed by atoms with Crippen molar-refractivity contribution in [3.05, 3.63) is 47.7 Å². The second-order valence-electron chi connectivity index (χ2n) is 3.97. The molecule has 1 aliphatic heterocycles. The van der Waals surface area contributed by atoms with E-state index in [1.165, 1.54) is 0 Å². The zero-order valence-electron chi connectivity index (χ0n) is 10.1. The maximum atomic E-state index is 12.3. The van der Waals surface area contributed by atoms with E-state index in [9.17, 15) is 4.79 Å². The van der Waals surface area contributed by atoms with Gasteiger partial charge in [0.05, 0.1) is 18.9 Å². The molecule has 1 saturated heterocycles. The van der Waals surface area contributed by atoms with Crippen LogP contribution in [0.4, 0.5) is 0 Å². The Balaban J connectivity index is 2.16. The molecule has 0 amide bonds. The van der Waals surface area contributed by atoms with Gasteiger partial charge in [0.1, 0.15) is 0 Å². The molecule has 3 nitrogen and oxygen atoms in total. The van der Waals surface area contributed by atoms with Gasteiger partial charge in [-0.15, -0.1) is 0 Å². The first kappa shape index (κ1) is 11.9. The minimum absolute atomic E-state index is 0.0926. The van der Waals surface area contributed by atoms with Crippen LogP contribution in [0.5, 0.6) is 0 Å². The molecule has 0 aliphatic carbocycles. The molecule has 1 aliphatic rings. The second-order valence-corrected chi connectivity index (χ2v) is 3.97. The summed E-state index contributed by atoms with van der Waals surface area (Å²) in [5.74, 6) is 0.0926. The number of hydrogen-bond donors (Lipinski definition) is 0. The van der Waals surface area contributed by atoms with Crippen molar-refractivity contribution in [2.45, 2.75) is 6.92 Å². The molecule has 1 heterocycles. The highest BCUT2D eigenvalue weighted by atomic mass is 16.5. The summed E-state index contributed by atoms with van der Waals surface area (Å²) in [7, 11) is 0. The van der Waals surface area contributed by atoms with Crippen molar-refractivity contribution in [2.75, 3.05) is 26.3 Å². The first-order valence-electron chi connectivity index (χ1n) is 5.91.